The van der Waals surface area contributed by atoms with Crippen molar-refractivity contribution in [3.8, 4) is 0 Å². The van der Waals surface area contributed by atoms with Crippen LogP contribution in [0.15, 0.2) is 22.5 Å². The molecule has 2 aromatic rings. The summed E-state index contributed by atoms with van der Waals surface area (Å²) in [5.74, 6) is -2.35. The summed E-state index contributed by atoms with van der Waals surface area (Å²) in [6.45, 7) is 0. The molecule has 2 rings (SSSR count). The van der Waals surface area contributed by atoms with Crippen molar-refractivity contribution in [2.24, 2.45) is 0 Å². The molecule has 7 heteroatoms. The Bertz CT molecular complexity index is 596. The standard InChI is InChI=1S/C10H6ClNO3S2/c11-5-1-2-8-6(3-5)12-10(17-8)16-4-7(13)9(14)15/h1-3H,4H2,(H,14,15). The third-order valence-electron chi connectivity index (χ3n) is 1.90. The minimum atomic E-state index is -1.42. The van der Waals surface area contributed by atoms with Crippen LogP contribution in [0, 0.1) is 0 Å². The van der Waals surface area contributed by atoms with Crippen LogP contribution >= 0.6 is 34.7 Å². The van der Waals surface area contributed by atoms with E-state index in [9.17, 15) is 9.59 Å². The summed E-state index contributed by atoms with van der Waals surface area (Å²) >= 11 is 8.35. The molecule has 0 bridgehead atoms. The third kappa shape index (κ3) is 2.96. The zero-order valence-electron chi connectivity index (χ0n) is 8.34. The zero-order chi connectivity index (χ0) is 12.4. The number of fused-ring (bicyclic) bond motifs is 1. The van der Waals surface area contributed by atoms with Crippen molar-refractivity contribution in [1.82, 2.24) is 4.98 Å². The number of carboxylic acids is 1. The van der Waals surface area contributed by atoms with E-state index in [1.54, 1.807) is 12.1 Å². The number of aromatic nitrogens is 1. The number of carbonyl (C=O) groups excluding carboxylic acids is 1. The number of thioether (sulfide) groups is 1. The molecule has 0 radical (unpaired) electrons. The Kier molecular flexibility index (Phi) is 3.66. The van der Waals surface area contributed by atoms with Crippen molar-refractivity contribution in [2.75, 3.05) is 5.75 Å². The molecule has 0 aliphatic heterocycles. The largest absolute Gasteiger partial charge is 0.475 e. The maximum Gasteiger partial charge on any atom is 0.373 e. The van der Waals surface area contributed by atoms with E-state index in [0.717, 1.165) is 22.0 Å². The molecular formula is C10H6ClNO3S2. The summed E-state index contributed by atoms with van der Waals surface area (Å²) in [4.78, 5) is 25.5. The fourth-order valence-electron chi connectivity index (χ4n) is 1.13. The average molecular weight is 288 g/mol. The Morgan fingerprint density at radius 3 is 2.94 bits per heavy atom. The highest BCUT2D eigenvalue weighted by molar-refractivity contribution is 8.01. The fraction of sp³-hybridized carbons (Fsp3) is 0.100. The number of halogens is 1. The van der Waals surface area contributed by atoms with Crippen LogP contribution in [-0.2, 0) is 9.59 Å². The number of Topliss-reactive ketones (excluding diaryl/α,β-unsaturated/α-hetero) is 1. The first-order chi connectivity index (χ1) is 8.06. The van der Waals surface area contributed by atoms with E-state index in [0.29, 0.717) is 9.36 Å². The van der Waals surface area contributed by atoms with Crippen LogP contribution < -0.4 is 0 Å². The number of rotatable bonds is 4. The molecule has 0 spiro atoms. The number of hydrogen-bond acceptors (Lipinski definition) is 5. The van der Waals surface area contributed by atoms with Crippen molar-refractivity contribution in [2.45, 2.75) is 4.34 Å². The average Bonchev–Trinajstić information content (AvgIpc) is 2.67. The molecule has 0 saturated heterocycles. The molecule has 1 aromatic carbocycles. The smallest absolute Gasteiger partial charge is 0.373 e. The predicted molar refractivity (Wildman–Crippen MR) is 68.0 cm³/mol. The summed E-state index contributed by atoms with van der Waals surface area (Å²) in [7, 11) is 0. The van der Waals surface area contributed by atoms with Crippen LogP contribution in [0.5, 0.6) is 0 Å². The van der Waals surface area contributed by atoms with E-state index in [1.807, 2.05) is 6.07 Å². The topological polar surface area (TPSA) is 67.3 Å². The lowest BCUT2D eigenvalue weighted by Crippen LogP contribution is -2.14. The molecule has 0 atom stereocenters. The molecule has 0 unspecified atom stereocenters. The van der Waals surface area contributed by atoms with Crippen LogP contribution in [0.2, 0.25) is 5.02 Å². The second-order valence-corrected chi connectivity index (χ2v) is 5.80. The van der Waals surface area contributed by atoms with Gasteiger partial charge in [0, 0.05) is 5.02 Å². The number of aliphatic carboxylic acids is 1. The van der Waals surface area contributed by atoms with E-state index >= 15 is 0 Å². The van der Waals surface area contributed by atoms with E-state index in [-0.39, 0.29) is 5.75 Å². The van der Waals surface area contributed by atoms with Crippen LogP contribution in [0.4, 0.5) is 0 Å². The van der Waals surface area contributed by atoms with Crippen LogP contribution in [0.3, 0.4) is 0 Å². The first-order valence-corrected chi connectivity index (χ1v) is 6.69. The number of carboxylic acid groups (broad SMARTS) is 1. The predicted octanol–water partition coefficient (Wildman–Crippen LogP) is 2.70. The van der Waals surface area contributed by atoms with Gasteiger partial charge in [-0.2, -0.15) is 0 Å². The van der Waals surface area contributed by atoms with Gasteiger partial charge in [-0.15, -0.1) is 11.3 Å². The normalized spacial score (nSPS) is 10.6. The highest BCUT2D eigenvalue weighted by atomic mass is 35.5. The fourth-order valence-corrected chi connectivity index (χ4v) is 3.20. The number of carbonyl (C=O) groups is 2. The number of benzene rings is 1. The Morgan fingerprint density at radius 1 is 1.47 bits per heavy atom. The molecule has 88 valence electrons. The Labute approximate surface area is 110 Å². The Hall–Kier alpha value is -1.11. The van der Waals surface area contributed by atoms with E-state index in [4.69, 9.17) is 16.7 Å². The van der Waals surface area contributed by atoms with Crippen LogP contribution in [0.25, 0.3) is 10.2 Å². The molecule has 0 fully saturated rings. The first kappa shape index (κ1) is 12.3. The van der Waals surface area contributed by atoms with Crippen molar-refractivity contribution in [1.29, 1.82) is 0 Å². The summed E-state index contributed by atoms with van der Waals surface area (Å²) in [5, 5.41) is 9.04. The lowest BCUT2D eigenvalue weighted by Gasteiger charge is -1.91. The number of hydrogen-bond donors (Lipinski definition) is 1. The van der Waals surface area contributed by atoms with E-state index in [1.165, 1.54) is 11.3 Å². The molecular weight excluding hydrogens is 282 g/mol. The molecule has 0 saturated carbocycles. The zero-order valence-corrected chi connectivity index (χ0v) is 10.7. The van der Waals surface area contributed by atoms with Gasteiger partial charge in [-0.25, -0.2) is 9.78 Å². The summed E-state index contributed by atoms with van der Waals surface area (Å²) < 4.78 is 1.62. The quantitative estimate of drug-likeness (QED) is 0.692. The number of thiazole rings is 1. The molecule has 0 aliphatic rings. The van der Waals surface area contributed by atoms with Gasteiger partial charge in [0.15, 0.2) is 4.34 Å². The second kappa shape index (κ2) is 5.03. The third-order valence-corrected chi connectivity index (χ3v) is 4.31. The lowest BCUT2D eigenvalue weighted by molar-refractivity contribution is -0.147. The summed E-state index contributed by atoms with van der Waals surface area (Å²) in [5.41, 5.74) is 0.757. The molecule has 4 nitrogen and oxygen atoms in total. The first-order valence-electron chi connectivity index (χ1n) is 4.51. The van der Waals surface area contributed by atoms with Gasteiger partial charge < -0.3 is 5.11 Å². The van der Waals surface area contributed by atoms with Gasteiger partial charge in [-0.1, -0.05) is 23.4 Å². The minimum Gasteiger partial charge on any atom is -0.475 e. The molecule has 0 aliphatic carbocycles. The molecule has 1 heterocycles. The SMILES string of the molecule is O=C(O)C(=O)CSc1nc2cc(Cl)ccc2s1. The van der Waals surface area contributed by atoms with Gasteiger partial charge in [0.25, 0.3) is 0 Å². The maximum absolute atomic E-state index is 10.9. The number of nitrogens with zero attached hydrogens (tertiary/aromatic N) is 1. The van der Waals surface area contributed by atoms with Gasteiger partial charge >= 0.3 is 5.97 Å². The highest BCUT2D eigenvalue weighted by Gasteiger charge is 2.13. The van der Waals surface area contributed by atoms with E-state index in [2.05, 4.69) is 4.98 Å². The molecule has 1 N–H and O–H groups in total. The lowest BCUT2D eigenvalue weighted by atomic mass is 10.3. The summed E-state index contributed by atoms with van der Waals surface area (Å²) in [6.07, 6.45) is 0. The summed E-state index contributed by atoms with van der Waals surface area (Å²) in [6, 6.07) is 5.34. The van der Waals surface area contributed by atoms with Gasteiger partial charge in [0.1, 0.15) is 0 Å². The minimum absolute atomic E-state index is 0.108. The van der Waals surface area contributed by atoms with Crippen molar-refractivity contribution in [3.05, 3.63) is 23.2 Å². The maximum atomic E-state index is 10.9. The van der Waals surface area contributed by atoms with Gasteiger partial charge in [0.05, 0.1) is 16.0 Å². The van der Waals surface area contributed by atoms with Crippen molar-refractivity contribution in [3.63, 3.8) is 0 Å². The molecule has 0 amide bonds. The van der Waals surface area contributed by atoms with E-state index < -0.39 is 11.8 Å². The Morgan fingerprint density at radius 2 is 2.24 bits per heavy atom. The molecule has 17 heavy (non-hydrogen) atoms. The van der Waals surface area contributed by atoms with Gasteiger partial charge in [0.2, 0.25) is 5.78 Å². The highest BCUT2D eigenvalue weighted by Crippen LogP contribution is 2.30. The monoisotopic (exact) mass is 287 g/mol. The number of ketones is 1. The second-order valence-electron chi connectivity index (χ2n) is 3.11. The molecule has 1 aromatic heterocycles. The van der Waals surface area contributed by atoms with Crippen LogP contribution in [-0.4, -0.2) is 27.6 Å². The van der Waals surface area contributed by atoms with Crippen LogP contribution in [0.1, 0.15) is 0 Å². The Balaban J connectivity index is 2.14. The van der Waals surface area contributed by atoms with Gasteiger partial charge in [-0.3, -0.25) is 4.79 Å². The van der Waals surface area contributed by atoms with Crippen molar-refractivity contribution < 1.29 is 14.7 Å². The van der Waals surface area contributed by atoms with Crippen molar-refractivity contribution >= 4 is 56.7 Å². The van der Waals surface area contributed by atoms with Gasteiger partial charge in [-0.05, 0) is 18.2 Å².